The van der Waals surface area contributed by atoms with E-state index in [4.69, 9.17) is 11.0 Å². The van der Waals surface area contributed by atoms with Gasteiger partial charge in [0.2, 0.25) is 0 Å². The Bertz CT molecular complexity index is 816. The first-order valence-electron chi connectivity index (χ1n) is 6.32. The van der Waals surface area contributed by atoms with Crippen LogP contribution in [-0.4, -0.2) is 0 Å². The Morgan fingerprint density at radius 3 is 2.50 bits per heavy atom. The molecule has 0 bridgehead atoms. The molecule has 3 N–H and O–H groups in total. The number of nitriles is 1. The molecule has 0 saturated heterocycles. The molecule has 0 fully saturated rings. The fourth-order valence-electron chi connectivity index (χ4n) is 2.19. The van der Waals surface area contributed by atoms with E-state index in [2.05, 4.69) is 35.7 Å². The van der Waals surface area contributed by atoms with Crippen molar-refractivity contribution >= 4 is 27.8 Å². The molecule has 0 radical (unpaired) electrons. The molecule has 3 aromatic rings. The highest BCUT2D eigenvalue weighted by Crippen LogP contribution is 2.25. The lowest BCUT2D eigenvalue weighted by molar-refractivity contribution is 1.46. The van der Waals surface area contributed by atoms with Crippen LogP contribution in [0.3, 0.4) is 0 Å². The molecule has 3 rings (SSSR count). The Kier molecular flexibility index (Phi) is 2.98. The van der Waals surface area contributed by atoms with Crippen molar-refractivity contribution in [2.24, 2.45) is 0 Å². The Morgan fingerprint density at radius 2 is 1.70 bits per heavy atom. The number of fused-ring (bicyclic) bond motifs is 1. The second kappa shape index (κ2) is 4.94. The van der Waals surface area contributed by atoms with Crippen LogP contribution in [0.1, 0.15) is 5.56 Å². The molecule has 20 heavy (non-hydrogen) atoms. The molecule has 0 atom stereocenters. The quantitative estimate of drug-likeness (QED) is 0.683. The van der Waals surface area contributed by atoms with E-state index in [9.17, 15) is 0 Å². The van der Waals surface area contributed by atoms with Crippen molar-refractivity contribution in [3.63, 3.8) is 0 Å². The number of nitrogen functional groups attached to an aromatic ring is 1. The number of nitrogens with zero attached hydrogens (tertiary/aromatic N) is 1. The van der Waals surface area contributed by atoms with E-state index < -0.39 is 0 Å². The third kappa shape index (κ3) is 2.27. The van der Waals surface area contributed by atoms with Crippen LogP contribution < -0.4 is 11.1 Å². The molecule has 3 nitrogen and oxygen atoms in total. The van der Waals surface area contributed by atoms with Gasteiger partial charge in [-0.25, -0.2) is 0 Å². The average Bonchev–Trinajstić information content (AvgIpc) is 2.49. The van der Waals surface area contributed by atoms with Gasteiger partial charge in [-0.2, -0.15) is 5.26 Å². The van der Waals surface area contributed by atoms with E-state index in [0.717, 1.165) is 16.8 Å². The normalized spacial score (nSPS) is 10.2. The first-order valence-corrected chi connectivity index (χ1v) is 6.32. The summed E-state index contributed by atoms with van der Waals surface area (Å²) < 4.78 is 0. The van der Waals surface area contributed by atoms with E-state index in [-0.39, 0.29) is 0 Å². The molecular formula is C17H13N3. The molecule has 0 aliphatic rings. The Balaban J connectivity index is 1.99. The molecule has 3 heteroatoms. The van der Waals surface area contributed by atoms with Crippen molar-refractivity contribution in [1.29, 1.82) is 5.26 Å². The monoisotopic (exact) mass is 259 g/mol. The highest BCUT2D eigenvalue weighted by atomic mass is 14.9. The Hall–Kier alpha value is -2.99. The van der Waals surface area contributed by atoms with Crippen LogP contribution in [0, 0.1) is 11.3 Å². The molecule has 0 heterocycles. The fraction of sp³-hybridized carbons (Fsp3) is 0. The zero-order chi connectivity index (χ0) is 13.9. The zero-order valence-electron chi connectivity index (χ0n) is 10.8. The average molecular weight is 259 g/mol. The predicted molar refractivity (Wildman–Crippen MR) is 82.8 cm³/mol. The topological polar surface area (TPSA) is 61.8 Å². The third-order valence-electron chi connectivity index (χ3n) is 3.19. The first kappa shape index (κ1) is 12.1. The second-order valence-electron chi connectivity index (χ2n) is 4.60. The van der Waals surface area contributed by atoms with Crippen LogP contribution in [0.5, 0.6) is 0 Å². The van der Waals surface area contributed by atoms with Gasteiger partial charge in [-0.3, -0.25) is 0 Å². The van der Waals surface area contributed by atoms with Gasteiger partial charge in [0.25, 0.3) is 0 Å². The van der Waals surface area contributed by atoms with Crippen molar-refractivity contribution in [2.75, 3.05) is 11.1 Å². The van der Waals surface area contributed by atoms with E-state index in [0.29, 0.717) is 11.3 Å². The number of nitrogens with one attached hydrogen (secondary N) is 1. The van der Waals surface area contributed by atoms with Gasteiger partial charge in [-0.15, -0.1) is 0 Å². The van der Waals surface area contributed by atoms with Crippen LogP contribution in [0.2, 0.25) is 0 Å². The predicted octanol–water partition coefficient (Wildman–Crippen LogP) is 4.04. The summed E-state index contributed by atoms with van der Waals surface area (Å²) in [5, 5.41) is 14.8. The molecule has 0 aliphatic carbocycles. The van der Waals surface area contributed by atoms with Gasteiger partial charge in [-0.05, 0) is 41.1 Å². The minimum absolute atomic E-state index is 0.540. The standard InChI is InChI=1S/C17H13N3/c18-11-14-9-15(19)6-8-17(14)20-16-7-5-12-3-1-2-4-13(12)10-16/h1-10,20H,19H2. The summed E-state index contributed by atoms with van der Waals surface area (Å²) in [6.07, 6.45) is 0. The summed E-state index contributed by atoms with van der Waals surface area (Å²) in [5.74, 6) is 0. The molecule has 3 aromatic carbocycles. The van der Waals surface area contributed by atoms with E-state index >= 15 is 0 Å². The number of hydrogen-bond acceptors (Lipinski definition) is 3. The summed E-state index contributed by atoms with van der Waals surface area (Å²) in [4.78, 5) is 0. The van der Waals surface area contributed by atoms with Gasteiger partial charge in [-0.1, -0.05) is 30.3 Å². The minimum Gasteiger partial charge on any atom is -0.399 e. The molecule has 0 saturated carbocycles. The maximum atomic E-state index is 9.15. The van der Waals surface area contributed by atoms with Crippen LogP contribution in [0.15, 0.2) is 60.7 Å². The number of anilines is 3. The van der Waals surface area contributed by atoms with Gasteiger partial charge in [0, 0.05) is 11.4 Å². The number of hydrogen-bond donors (Lipinski definition) is 2. The summed E-state index contributed by atoms with van der Waals surface area (Å²) >= 11 is 0. The lowest BCUT2D eigenvalue weighted by atomic mass is 10.1. The smallest absolute Gasteiger partial charge is 0.101 e. The van der Waals surface area contributed by atoms with Crippen LogP contribution in [0.25, 0.3) is 10.8 Å². The van der Waals surface area contributed by atoms with Crippen LogP contribution in [-0.2, 0) is 0 Å². The number of nitrogens with two attached hydrogens (primary N) is 1. The summed E-state index contributed by atoms with van der Waals surface area (Å²) in [5.41, 5.74) is 8.53. The van der Waals surface area contributed by atoms with E-state index in [1.165, 1.54) is 5.39 Å². The molecule has 0 aliphatic heterocycles. The maximum absolute atomic E-state index is 9.15. The maximum Gasteiger partial charge on any atom is 0.101 e. The van der Waals surface area contributed by atoms with Crippen molar-refractivity contribution in [1.82, 2.24) is 0 Å². The lowest BCUT2D eigenvalue weighted by Crippen LogP contribution is -1.95. The fourth-order valence-corrected chi connectivity index (χ4v) is 2.19. The summed E-state index contributed by atoms with van der Waals surface area (Å²) in [6, 6.07) is 21.7. The lowest BCUT2D eigenvalue weighted by Gasteiger charge is -2.09. The Labute approximate surface area is 117 Å². The van der Waals surface area contributed by atoms with Crippen LogP contribution >= 0.6 is 0 Å². The molecule has 0 spiro atoms. The van der Waals surface area contributed by atoms with Crippen molar-refractivity contribution in [2.45, 2.75) is 0 Å². The first-order chi connectivity index (χ1) is 9.76. The highest BCUT2D eigenvalue weighted by Gasteiger charge is 2.03. The summed E-state index contributed by atoms with van der Waals surface area (Å²) in [6.45, 7) is 0. The van der Waals surface area contributed by atoms with Crippen LogP contribution in [0.4, 0.5) is 17.1 Å². The van der Waals surface area contributed by atoms with Gasteiger partial charge in [0.1, 0.15) is 6.07 Å². The van der Waals surface area contributed by atoms with Gasteiger partial charge >= 0.3 is 0 Å². The van der Waals surface area contributed by atoms with Crippen molar-refractivity contribution in [3.8, 4) is 6.07 Å². The largest absolute Gasteiger partial charge is 0.399 e. The van der Waals surface area contributed by atoms with Crippen molar-refractivity contribution < 1.29 is 0 Å². The number of rotatable bonds is 2. The van der Waals surface area contributed by atoms with Crippen molar-refractivity contribution in [3.05, 3.63) is 66.2 Å². The van der Waals surface area contributed by atoms with E-state index in [1.807, 2.05) is 24.3 Å². The molecule has 96 valence electrons. The highest BCUT2D eigenvalue weighted by molar-refractivity contribution is 5.86. The van der Waals surface area contributed by atoms with Gasteiger partial charge in [0.15, 0.2) is 0 Å². The molecular weight excluding hydrogens is 246 g/mol. The van der Waals surface area contributed by atoms with E-state index in [1.54, 1.807) is 12.1 Å². The second-order valence-corrected chi connectivity index (χ2v) is 4.60. The molecule has 0 amide bonds. The summed E-state index contributed by atoms with van der Waals surface area (Å²) in [7, 11) is 0. The minimum atomic E-state index is 0.540. The zero-order valence-corrected chi connectivity index (χ0v) is 10.8. The van der Waals surface area contributed by atoms with Gasteiger partial charge < -0.3 is 11.1 Å². The number of benzene rings is 3. The molecule has 0 aromatic heterocycles. The third-order valence-corrected chi connectivity index (χ3v) is 3.19. The Morgan fingerprint density at radius 1 is 0.900 bits per heavy atom. The SMILES string of the molecule is N#Cc1cc(N)ccc1Nc1ccc2ccccc2c1. The molecule has 0 unspecified atom stereocenters. The van der Waals surface area contributed by atoms with Gasteiger partial charge in [0.05, 0.1) is 11.3 Å².